The van der Waals surface area contributed by atoms with E-state index in [2.05, 4.69) is 17.4 Å². The molecule has 0 saturated heterocycles. The van der Waals surface area contributed by atoms with Gasteiger partial charge in [-0.05, 0) is 81.2 Å². The first-order valence-corrected chi connectivity index (χ1v) is 13.3. The molecule has 7 nitrogen and oxygen atoms in total. The summed E-state index contributed by atoms with van der Waals surface area (Å²) in [6.45, 7) is 5.39. The number of fused-ring (bicyclic) bond motifs is 1. The molecule has 10 heteroatoms. The Kier molecular flexibility index (Phi) is 10.6. The van der Waals surface area contributed by atoms with Gasteiger partial charge in [0.1, 0.15) is 24.5 Å². The van der Waals surface area contributed by atoms with E-state index in [9.17, 15) is 28.0 Å². The number of alkyl halides is 3. The Morgan fingerprint density at radius 1 is 1.12 bits per heavy atom. The van der Waals surface area contributed by atoms with Crippen LogP contribution in [0, 0.1) is 17.2 Å². The van der Waals surface area contributed by atoms with Gasteiger partial charge in [-0.15, -0.1) is 0 Å². The van der Waals surface area contributed by atoms with Crippen LogP contribution in [0.3, 0.4) is 0 Å². The van der Waals surface area contributed by atoms with Crippen LogP contribution in [0.1, 0.15) is 55.9 Å². The molecule has 0 amide bonds. The van der Waals surface area contributed by atoms with Crippen LogP contribution in [0.4, 0.5) is 13.2 Å². The molecule has 0 aromatic heterocycles. The van der Waals surface area contributed by atoms with Crippen molar-refractivity contribution in [2.24, 2.45) is 5.92 Å². The highest BCUT2D eigenvalue weighted by molar-refractivity contribution is 5.75. The Morgan fingerprint density at radius 3 is 2.40 bits per heavy atom. The van der Waals surface area contributed by atoms with Gasteiger partial charge in [0.05, 0.1) is 12.2 Å². The van der Waals surface area contributed by atoms with Gasteiger partial charge >= 0.3 is 18.1 Å². The van der Waals surface area contributed by atoms with Gasteiger partial charge in [-0.3, -0.25) is 4.79 Å². The normalized spacial score (nSPS) is 14.2. The number of rotatable bonds is 13. The number of ether oxygens (including phenoxy) is 3. The van der Waals surface area contributed by atoms with Crippen molar-refractivity contribution in [1.82, 2.24) is 5.32 Å². The predicted molar refractivity (Wildman–Crippen MR) is 142 cm³/mol. The van der Waals surface area contributed by atoms with Gasteiger partial charge in [0.2, 0.25) is 0 Å². The van der Waals surface area contributed by atoms with Crippen molar-refractivity contribution < 1.29 is 37.0 Å². The van der Waals surface area contributed by atoms with Crippen molar-refractivity contribution in [3.63, 3.8) is 0 Å². The molecule has 0 spiro atoms. The van der Waals surface area contributed by atoms with E-state index in [-0.39, 0.29) is 36.9 Å². The van der Waals surface area contributed by atoms with Gasteiger partial charge in [-0.25, -0.2) is 4.79 Å². The molecule has 0 heterocycles. The summed E-state index contributed by atoms with van der Waals surface area (Å²) < 4.78 is 54.4. The Bertz CT molecular complexity index is 1200. The SMILES string of the molecule is CCOC(=O)CCc1ccc(C#N)c(OC[C@@H](CNC(C)(C)CC2Cc3ccccc3C2)OC(=O)C(F)(F)F)c1. The Hall–Kier alpha value is -3.58. The first-order chi connectivity index (χ1) is 18.9. The number of benzene rings is 2. The number of nitrogens with one attached hydrogen (secondary N) is 1. The van der Waals surface area contributed by atoms with Crippen molar-refractivity contribution in [1.29, 1.82) is 5.26 Å². The van der Waals surface area contributed by atoms with E-state index in [4.69, 9.17) is 14.2 Å². The molecule has 1 N–H and O–H groups in total. The highest BCUT2D eigenvalue weighted by Gasteiger charge is 2.42. The maximum absolute atomic E-state index is 13.0. The fourth-order valence-electron chi connectivity index (χ4n) is 4.93. The summed E-state index contributed by atoms with van der Waals surface area (Å²) in [5.74, 6) is -2.18. The second kappa shape index (κ2) is 13.7. The molecule has 3 rings (SSSR count). The van der Waals surface area contributed by atoms with Crippen LogP contribution < -0.4 is 10.1 Å². The number of esters is 2. The molecule has 2 aromatic rings. The van der Waals surface area contributed by atoms with E-state index in [1.165, 1.54) is 17.2 Å². The van der Waals surface area contributed by atoms with Crippen molar-refractivity contribution in [3.05, 3.63) is 64.7 Å². The summed E-state index contributed by atoms with van der Waals surface area (Å²) in [4.78, 5) is 23.4. The van der Waals surface area contributed by atoms with Crippen LogP contribution in [0.25, 0.3) is 0 Å². The predicted octanol–water partition coefficient (Wildman–Crippen LogP) is 5.08. The minimum atomic E-state index is -5.16. The maximum Gasteiger partial charge on any atom is 0.490 e. The summed E-state index contributed by atoms with van der Waals surface area (Å²) in [6, 6.07) is 15.0. The first-order valence-electron chi connectivity index (χ1n) is 13.3. The lowest BCUT2D eigenvalue weighted by molar-refractivity contribution is -0.205. The maximum atomic E-state index is 13.0. The summed E-state index contributed by atoms with van der Waals surface area (Å²) in [5, 5.41) is 12.7. The van der Waals surface area contributed by atoms with Crippen molar-refractivity contribution in [2.45, 2.75) is 70.7 Å². The number of nitrogens with zero attached hydrogens (tertiary/aromatic N) is 1. The Morgan fingerprint density at radius 2 is 1.80 bits per heavy atom. The number of carbonyl (C=O) groups is 2. The van der Waals surface area contributed by atoms with Crippen LogP contribution >= 0.6 is 0 Å². The van der Waals surface area contributed by atoms with E-state index < -0.39 is 30.4 Å². The Labute approximate surface area is 232 Å². The van der Waals surface area contributed by atoms with Crippen molar-refractivity contribution >= 4 is 11.9 Å². The highest BCUT2D eigenvalue weighted by atomic mass is 19.4. The minimum Gasteiger partial charge on any atom is -0.488 e. The van der Waals surface area contributed by atoms with Gasteiger partial charge in [0, 0.05) is 18.5 Å². The van der Waals surface area contributed by atoms with E-state index in [0.29, 0.717) is 17.9 Å². The zero-order chi connectivity index (χ0) is 29.3. The van der Waals surface area contributed by atoms with Gasteiger partial charge in [0.15, 0.2) is 0 Å². The number of hydrogen-bond donors (Lipinski definition) is 1. The van der Waals surface area contributed by atoms with Gasteiger partial charge in [-0.1, -0.05) is 30.3 Å². The quantitative estimate of drug-likeness (QED) is 0.341. The van der Waals surface area contributed by atoms with Crippen molar-refractivity contribution in [2.75, 3.05) is 19.8 Å². The molecule has 40 heavy (non-hydrogen) atoms. The molecule has 0 radical (unpaired) electrons. The number of carbonyl (C=O) groups excluding carboxylic acids is 2. The summed E-state index contributed by atoms with van der Waals surface area (Å²) in [7, 11) is 0. The van der Waals surface area contributed by atoms with E-state index in [0.717, 1.165) is 19.3 Å². The molecule has 1 aliphatic carbocycles. The molecule has 216 valence electrons. The molecule has 0 unspecified atom stereocenters. The second-order valence-electron chi connectivity index (χ2n) is 10.6. The van der Waals surface area contributed by atoms with Crippen LogP contribution in [-0.2, 0) is 38.3 Å². The second-order valence-corrected chi connectivity index (χ2v) is 10.6. The molecular weight excluding hydrogens is 525 g/mol. The zero-order valence-corrected chi connectivity index (χ0v) is 23.0. The third kappa shape index (κ3) is 9.26. The first kappa shape index (κ1) is 31.0. The lowest BCUT2D eigenvalue weighted by Gasteiger charge is -2.31. The fourth-order valence-corrected chi connectivity index (χ4v) is 4.93. The van der Waals surface area contributed by atoms with E-state index in [1.54, 1.807) is 19.1 Å². The smallest absolute Gasteiger partial charge is 0.488 e. The standard InChI is InChI=1S/C30H35F3N2O5/c1-4-38-27(36)12-10-20-9-11-24(17-34)26(15-20)39-19-25(40-28(37)30(31,32)33)18-35-29(2,3)16-21-13-22-7-5-6-8-23(22)14-21/h5-9,11,15,21,25,35H,4,10,12-14,16,18-19H2,1-3H3/t25-/m1/s1. The fraction of sp³-hybridized carbons (Fsp3) is 0.500. The third-order valence-corrected chi connectivity index (χ3v) is 6.76. The number of hydrogen-bond acceptors (Lipinski definition) is 7. The van der Waals surface area contributed by atoms with E-state index in [1.807, 2.05) is 32.0 Å². The molecule has 1 aliphatic rings. The lowest BCUT2D eigenvalue weighted by Crippen LogP contribution is -2.48. The highest BCUT2D eigenvalue weighted by Crippen LogP contribution is 2.32. The minimum absolute atomic E-state index is 0.0844. The molecule has 0 aliphatic heterocycles. The zero-order valence-electron chi connectivity index (χ0n) is 23.0. The number of nitriles is 1. The topological polar surface area (TPSA) is 97.7 Å². The molecule has 0 saturated carbocycles. The van der Waals surface area contributed by atoms with Gasteiger partial charge in [0.25, 0.3) is 0 Å². The molecule has 1 atom stereocenters. The molecule has 0 bridgehead atoms. The average Bonchev–Trinajstić information content (AvgIpc) is 3.30. The summed E-state index contributed by atoms with van der Waals surface area (Å²) in [5.41, 5.74) is 3.01. The number of aryl methyl sites for hydroxylation is 1. The average molecular weight is 561 g/mol. The van der Waals surface area contributed by atoms with Gasteiger partial charge in [-0.2, -0.15) is 18.4 Å². The molecule has 0 fully saturated rings. The van der Waals surface area contributed by atoms with Crippen LogP contribution in [0.15, 0.2) is 42.5 Å². The van der Waals surface area contributed by atoms with Crippen LogP contribution in [0.2, 0.25) is 0 Å². The summed E-state index contributed by atoms with van der Waals surface area (Å²) in [6.07, 6.45) is -3.35. The third-order valence-electron chi connectivity index (χ3n) is 6.76. The molecule has 2 aromatic carbocycles. The summed E-state index contributed by atoms with van der Waals surface area (Å²) >= 11 is 0. The number of halogens is 3. The lowest BCUT2D eigenvalue weighted by atomic mass is 9.88. The van der Waals surface area contributed by atoms with E-state index >= 15 is 0 Å². The van der Waals surface area contributed by atoms with Crippen molar-refractivity contribution in [3.8, 4) is 11.8 Å². The Balaban J connectivity index is 1.65. The van der Waals surface area contributed by atoms with Crippen LogP contribution in [-0.4, -0.2) is 49.5 Å². The molecular formula is C30H35F3N2O5. The largest absolute Gasteiger partial charge is 0.490 e. The van der Waals surface area contributed by atoms with Gasteiger partial charge < -0.3 is 19.5 Å². The van der Waals surface area contributed by atoms with Crippen LogP contribution in [0.5, 0.6) is 5.75 Å². The monoisotopic (exact) mass is 560 g/mol.